The molecule has 0 saturated carbocycles. The molecule has 0 N–H and O–H groups in total. The summed E-state index contributed by atoms with van der Waals surface area (Å²) in [5, 5.41) is 0. The Labute approximate surface area is 132 Å². The van der Waals surface area contributed by atoms with Crippen molar-refractivity contribution in [2.45, 2.75) is 72.1 Å². The van der Waals surface area contributed by atoms with Gasteiger partial charge in [0, 0.05) is 0 Å². The van der Waals surface area contributed by atoms with E-state index in [1.807, 2.05) is 0 Å². The Bertz CT molecular complexity index is 452. The molecule has 21 heavy (non-hydrogen) atoms. The first-order chi connectivity index (χ1) is 9.93. The predicted octanol–water partition coefficient (Wildman–Crippen LogP) is 6.91. The summed E-state index contributed by atoms with van der Waals surface area (Å²) in [6.45, 7) is 11.2. The van der Waals surface area contributed by atoms with Gasteiger partial charge in [0.15, 0.2) is 0 Å². The van der Waals surface area contributed by atoms with Gasteiger partial charge in [-0.25, -0.2) is 0 Å². The molecule has 0 fully saturated rings. The zero-order chi connectivity index (χ0) is 15.7. The maximum absolute atomic E-state index is 2.31. The van der Waals surface area contributed by atoms with Gasteiger partial charge in [-0.05, 0) is 36.3 Å². The highest BCUT2D eigenvalue weighted by molar-refractivity contribution is 5.55. The lowest BCUT2D eigenvalue weighted by atomic mass is 9.86. The van der Waals surface area contributed by atoms with Crippen LogP contribution < -0.4 is 0 Å². The quantitative estimate of drug-likeness (QED) is 0.377. The fourth-order valence-corrected chi connectivity index (χ4v) is 2.35. The molecule has 0 heteroatoms. The van der Waals surface area contributed by atoms with E-state index in [9.17, 15) is 0 Å². The van der Waals surface area contributed by atoms with Crippen molar-refractivity contribution in [3.8, 4) is 0 Å². The van der Waals surface area contributed by atoms with E-state index < -0.39 is 0 Å². The third-order valence-corrected chi connectivity index (χ3v) is 3.78. The van der Waals surface area contributed by atoms with E-state index in [1.54, 1.807) is 0 Å². The Hall–Kier alpha value is -1.30. The van der Waals surface area contributed by atoms with Crippen LogP contribution in [-0.2, 0) is 5.41 Å². The van der Waals surface area contributed by atoms with Gasteiger partial charge in [0.2, 0.25) is 0 Å². The molecule has 0 bridgehead atoms. The van der Waals surface area contributed by atoms with Crippen LogP contribution in [0, 0.1) is 0 Å². The van der Waals surface area contributed by atoms with Crippen molar-refractivity contribution >= 4 is 6.08 Å². The average molecular weight is 284 g/mol. The number of hydrogen-bond acceptors (Lipinski definition) is 0. The van der Waals surface area contributed by atoms with Gasteiger partial charge in [0.25, 0.3) is 0 Å². The molecule has 0 aromatic heterocycles. The van der Waals surface area contributed by atoms with Crippen LogP contribution in [0.1, 0.15) is 77.8 Å². The summed E-state index contributed by atoms with van der Waals surface area (Å²) in [4.78, 5) is 0. The molecule has 1 aromatic carbocycles. The Morgan fingerprint density at radius 2 is 1.67 bits per heavy atom. The number of unbranched alkanes of at least 4 members (excludes halogenated alkanes) is 4. The first kappa shape index (κ1) is 17.8. The fourth-order valence-electron chi connectivity index (χ4n) is 2.35. The van der Waals surface area contributed by atoms with Crippen LogP contribution >= 0.6 is 0 Å². The van der Waals surface area contributed by atoms with Crippen LogP contribution in [-0.4, -0.2) is 0 Å². The maximum atomic E-state index is 2.31. The van der Waals surface area contributed by atoms with E-state index in [4.69, 9.17) is 0 Å². The monoisotopic (exact) mass is 284 g/mol. The van der Waals surface area contributed by atoms with Crippen molar-refractivity contribution in [2.24, 2.45) is 0 Å². The highest BCUT2D eigenvalue weighted by Crippen LogP contribution is 2.22. The zero-order valence-electron chi connectivity index (χ0n) is 14.6. The number of allylic oxidation sites excluding steroid dienone is 3. The molecule has 0 nitrogen and oxygen atoms in total. The van der Waals surface area contributed by atoms with Crippen molar-refractivity contribution in [1.29, 1.82) is 0 Å². The number of benzene rings is 1. The maximum Gasteiger partial charge on any atom is -0.0132 e. The van der Waals surface area contributed by atoms with Crippen LogP contribution in [0.5, 0.6) is 0 Å². The summed E-state index contributed by atoms with van der Waals surface area (Å²) in [5.41, 5.74) is 4.24. The van der Waals surface area contributed by atoms with E-state index in [1.165, 1.54) is 48.8 Å². The Morgan fingerprint density at radius 3 is 2.24 bits per heavy atom. The van der Waals surface area contributed by atoms with Gasteiger partial charge in [-0.1, -0.05) is 95.0 Å². The van der Waals surface area contributed by atoms with Gasteiger partial charge in [-0.2, -0.15) is 0 Å². The summed E-state index contributed by atoms with van der Waals surface area (Å²) >= 11 is 0. The molecule has 1 rings (SSSR count). The lowest BCUT2D eigenvalue weighted by molar-refractivity contribution is 0.590. The van der Waals surface area contributed by atoms with Gasteiger partial charge in [-0.15, -0.1) is 0 Å². The number of rotatable bonds is 7. The van der Waals surface area contributed by atoms with Crippen LogP contribution in [0.4, 0.5) is 0 Å². The van der Waals surface area contributed by atoms with E-state index in [0.717, 1.165) is 0 Å². The summed E-state index contributed by atoms with van der Waals surface area (Å²) in [7, 11) is 0. The van der Waals surface area contributed by atoms with Gasteiger partial charge in [-0.3, -0.25) is 0 Å². The Morgan fingerprint density at radius 1 is 1.00 bits per heavy atom. The minimum Gasteiger partial charge on any atom is -0.0843 e. The molecule has 0 atom stereocenters. The molecule has 0 heterocycles. The molecule has 1 aromatic rings. The fraction of sp³-hybridized carbons (Fsp3) is 0.524. The first-order valence-corrected chi connectivity index (χ1v) is 8.39. The minimum absolute atomic E-state index is 0.232. The lowest BCUT2D eigenvalue weighted by Gasteiger charge is -2.18. The lowest BCUT2D eigenvalue weighted by Crippen LogP contribution is -2.10. The first-order valence-electron chi connectivity index (χ1n) is 8.39. The largest absolute Gasteiger partial charge is 0.0843 e. The van der Waals surface area contributed by atoms with E-state index in [0.29, 0.717) is 0 Å². The summed E-state index contributed by atoms with van der Waals surface area (Å²) in [6, 6.07) is 8.93. The molecule has 0 aliphatic carbocycles. The smallest absolute Gasteiger partial charge is 0.0132 e. The predicted molar refractivity (Wildman–Crippen MR) is 96.7 cm³/mol. The highest BCUT2D eigenvalue weighted by Gasteiger charge is 2.12. The van der Waals surface area contributed by atoms with Gasteiger partial charge < -0.3 is 0 Å². The molecule has 0 spiro atoms. The molecule has 0 radical (unpaired) electrons. The molecule has 116 valence electrons. The second kappa shape index (κ2) is 8.87. The summed E-state index contributed by atoms with van der Waals surface area (Å²) in [6.07, 6.45) is 13.4. The topological polar surface area (TPSA) is 0 Å². The van der Waals surface area contributed by atoms with Gasteiger partial charge in [0.1, 0.15) is 0 Å². The molecule has 0 amide bonds. The zero-order valence-corrected chi connectivity index (χ0v) is 14.6. The molecule has 0 unspecified atom stereocenters. The van der Waals surface area contributed by atoms with Crippen LogP contribution in [0.15, 0.2) is 42.0 Å². The second-order valence-electron chi connectivity index (χ2n) is 7.01. The molecule has 0 aliphatic rings. The van der Waals surface area contributed by atoms with Gasteiger partial charge in [0.05, 0.1) is 0 Å². The minimum atomic E-state index is 0.232. The van der Waals surface area contributed by atoms with Crippen molar-refractivity contribution in [2.75, 3.05) is 0 Å². The van der Waals surface area contributed by atoms with E-state index >= 15 is 0 Å². The molecular formula is C21H32. The van der Waals surface area contributed by atoms with Gasteiger partial charge >= 0.3 is 0 Å². The van der Waals surface area contributed by atoms with Crippen LogP contribution in [0.2, 0.25) is 0 Å². The SMILES string of the molecule is CCCCCCC=CC(C)=Cc1ccc(C(C)(C)C)cc1. The third kappa shape index (κ3) is 7.32. The number of hydrogen-bond donors (Lipinski definition) is 0. The van der Waals surface area contributed by atoms with E-state index in [2.05, 4.69) is 77.1 Å². The van der Waals surface area contributed by atoms with Crippen molar-refractivity contribution in [1.82, 2.24) is 0 Å². The van der Waals surface area contributed by atoms with Crippen molar-refractivity contribution in [3.63, 3.8) is 0 Å². The average Bonchev–Trinajstić information content (AvgIpc) is 2.42. The summed E-state index contributed by atoms with van der Waals surface area (Å²) < 4.78 is 0. The van der Waals surface area contributed by atoms with Crippen LogP contribution in [0.3, 0.4) is 0 Å². The normalized spacial score (nSPS) is 13.1. The molecular weight excluding hydrogens is 252 g/mol. The standard InChI is InChI=1S/C21H32/c1-6-7-8-9-10-11-12-18(2)17-19-13-15-20(16-14-19)21(3,4)5/h11-17H,6-10H2,1-5H3. The Balaban J connectivity index is 2.52. The molecule has 0 aliphatic heterocycles. The van der Waals surface area contributed by atoms with Crippen molar-refractivity contribution < 1.29 is 0 Å². The summed E-state index contributed by atoms with van der Waals surface area (Å²) in [5.74, 6) is 0. The van der Waals surface area contributed by atoms with Crippen molar-refractivity contribution in [3.05, 3.63) is 53.1 Å². The van der Waals surface area contributed by atoms with E-state index in [-0.39, 0.29) is 5.41 Å². The van der Waals surface area contributed by atoms with Crippen LogP contribution in [0.25, 0.3) is 6.08 Å². The second-order valence-corrected chi connectivity index (χ2v) is 7.01. The molecule has 0 saturated heterocycles. The third-order valence-electron chi connectivity index (χ3n) is 3.78. The highest BCUT2D eigenvalue weighted by atomic mass is 14.2. The Kier molecular flexibility index (Phi) is 7.50.